The summed E-state index contributed by atoms with van der Waals surface area (Å²) in [6.07, 6.45) is -4.65. The number of rotatable bonds is 4. The monoisotopic (exact) mass is 465 g/mol. The molecule has 0 aromatic heterocycles. The molecule has 1 heterocycles. The summed E-state index contributed by atoms with van der Waals surface area (Å²) in [5, 5.41) is 3.10. The lowest BCUT2D eigenvalue weighted by Gasteiger charge is -2.38. The third kappa shape index (κ3) is 4.67. The molecule has 0 fully saturated rings. The van der Waals surface area contributed by atoms with Crippen molar-refractivity contribution in [3.8, 4) is 0 Å². The fourth-order valence-corrected chi connectivity index (χ4v) is 4.43. The van der Waals surface area contributed by atoms with Crippen LogP contribution in [0.5, 0.6) is 0 Å². The van der Waals surface area contributed by atoms with Crippen molar-refractivity contribution in [3.63, 3.8) is 0 Å². The fourth-order valence-electron chi connectivity index (χ4n) is 4.43. The van der Waals surface area contributed by atoms with Gasteiger partial charge in [-0.1, -0.05) is 19.1 Å². The molecule has 0 radical (unpaired) electrons. The third-order valence-corrected chi connectivity index (χ3v) is 5.88. The predicted molar refractivity (Wildman–Crippen MR) is 113 cm³/mol. The molecule has 0 saturated heterocycles. The Hall–Kier alpha value is -3.10. The van der Waals surface area contributed by atoms with Crippen molar-refractivity contribution in [2.75, 3.05) is 7.11 Å². The van der Waals surface area contributed by atoms with Gasteiger partial charge in [-0.05, 0) is 50.8 Å². The highest BCUT2D eigenvalue weighted by atomic mass is 19.4. The average molecular weight is 465 g/mol. The molecule has 3 rings (SSSR count). The van der Waals surface area contributed by atoms with Crippen molar-refractivity contribution < 1.29 is 37.0 Å². The summed E-state index contributed by atoms with van der Waals surface area (Å²) >= 11 is 0. The first-order chi connectivity index (χ1) is 15.4. The number of hydrogen-bond acceptors (Lipinski definition) is 6. The van der Waals surface area contributed by atoms with Crippen molar-refractivity contribution >= 4 is 17.7 Å². The minimum atomic E-state index is -4.53. The summed E-state index contributed by atoms with van der Waals surface area (Å²) in [5.41, 5.74) is 0.742. The lowest BCUT2D eigenvalue weighted by atomic mass is 9.69. The topological polar surface area (TPSA) is 81.7 Å². The Balaban J connectivity index is 2.18. The van der Waals surface area contributed by atoms with Gasteiger partial charge < -0.3 is 14.8 Å². The van der Waals surface area contributed by atoms with Gasteiger partial charge in [0.15, 0.2) is 5.78 Å². The van der Waals surface area contributed by atoms with Crippen LogP contribution in [-0.2, 0) is 30.0 Å². The minimum absolute atomic E-state index is 0.119. The van der Waals surface area contributed by atoms with E-state index in [1.807, 2.05) is 0 Å². The second-order valence-electron chi connectivity index (χ2n) is 8.61. The van der Waals surface area contributed by atoms with Gasteiger partial charge in [0.25, 0.3) is 0 Å². The first-order valence-electron chi connectivity index (χ1n) is 10.6. The molecule has 1 aromatic carbocycles. The highest BCUT2D eigenvalue weighted by molar-refractivity contribution is 6.12. The Morgan fingerprint density at radius 2 is 1.76 bits per heavy atom. The standard InChI is InChI=1S/C24H26F3NO5/c1-11(2)33-23(31)18-13(4)28-16-10-12(3)17(22(30)32-5)21(29)20(16)19(18)14-6-8-15(9-7-14)24(25,26)27/h6-9,11-12,17,19,28H,10H2,1-5H3/t12-,17-,19+/m1/s1. The predicted octanol–water partition coefficient (Wildman–Crippen LogP) is 4.27. The maximum Gasteiger partial charge on any atom is 0.416 e. The molecule has 0 spiro atoms. The Bertz CT molecular complexity index is 1040. The molecule has 2 aliphatic rings. The molecule has 1 N–H and O–H groups in total. The lowest BCUT2D eigenvalue weighted by molar-refractivity contribution is -0.151. The Morgan fingerprint density at radius 1 is 1.15 bits per heavy atom. The van der Waals surface area contributed by atoms with E-state index in [-0.39, 0.29) is 17.1 Å². The number of nitrogens with one attached hydrogen (secondary N) is 1. The number of Topliss-reactive ketones (excluding diaryl/α,β-unsaturated/α-hetero) is 1. The van der Waals surface area contributed by atoms with Crippen LogP contribution in [0.2, 0.25) is 0 Å². The molecule has 33 heavy (non-hydrogen) atoms. The molecule has 0 amide bonds. The van der Waals surface area contributed by atoms with Crippen LogP contribution in [-0.4, -0.2) is 30.9 Å². The summed E-state index contributed by atoms with van der Waals surface area (Å²) in [6.45, 7) is 6.74. The number of dihydropyridines is 1. The maximum absolute atomic E-state index is 13.5. The third-order valence-electron chi connectivity index (χ3n) is 5.88. The smallest absolute Gasteiger partial charge is 0.416 e. The number of benzene rings is 1. The van der Waals surface area contributed by atoms with Crippen molar-refractivity contribution in [1.29, 1.82) is 0 Å². The zero-order chi connectivity index (χ0) is 24.7. The van der Waals surface area contributed by atoms with Gasteiger partial charge in [0, 0.05) is 22.9 Å². The van der Waals surface area contributed by atoms with Crippen LogP contribution < -0.4 is 5.32 Å². The van der Waals surface area contributed by atoms with Crippen molar-refractivity contribution in [2.45, 2.75) is 52.3 Å². The van der Waals surface area contributed by atoms with Gasteiger partial charge in [-0.3, -0.25) is 9.59 Å². The number of halogens is 3. The molecule has 0 unspecified atom stereocenters. The number of carbonyl (C=O) groups excluding carboxylic acids is 3. The second-order valence-corrected chi connectivity index (χ2v) is 8.61. The van der Waals surface area contributed by atoms with Gasteiger partial charge >= 0.3 is 18.1 Å². The van der Waals surface area contributed by atoms with E-state index < -0.39 is 47.4 Å². The number of esters is 2. The Labute approximate surface area is 189 Å². The lowest BCUT2D eigenvalue weighted by Crippen LogP contribution is -2.43. The quantitative estimate of drug-likeness (QED) is 0.528. The van der Waals surface area contributed by atoms with Crippen LogP contribution >= 0.6 is 0 Å². The second kappa shape index (κ2) is 9.03. The van der Waals surface area contributed by atoms with Gasteiger partial charge in [0.05, 0.1) is 24.4 Å². The van der Waals surface area contributed by atoms with E-state index >= 15 is 0 Å². The number of hydrogen-bond donors (Lipinski definition) is 1. The summed E-state index contributed by atoms with van der Waals surface area (Å²) in [7, 11) is 1.19. The minimum Gasteiger partial charge on any atom is -0.468 e. The molecule has 0 bridgehead atoms. The van der Waals surface area contributed by atoms with Crippen molar-refractivity contribution in [1.82, 2.24) is 5.32 Å². The largest absolute Gasteiger partial charge is 0.468 e. The number of methoxy groups -OCH3 is 1. The van der Waals surface area contributed by atoms with Gasteiger partial charge in [-0.2, -0.15) is 13.2 Å². The van der Waals surface area contributed by atoms with Gasteiger partial charge in [0.1, 0.15) is 5.92 Å². The molecular weight excluding hydrogens is 439 g/mol. The molecule has 0 saturated carbocycles. The number of ketones is 1. The summed E-state index contributed by atoms with van der Waals surface area (Å²) < 4.78 is 49.6. The molecule has 1 aliphatic carbocycles. The molecule has 178 valence electrons. The van der Waals surface area contributed by atoms with Crippen LogP contribution in [0.25, 0.3) is 0 Å². The zero-order valence-corrected chi connectivity index (χ0v) is 19.0. The van der Waals surface area contributed by atoms with E-state index in [1.165, 1.54) is 19.2 Å². The summed E-state index contributed by atoms with van der Waals surface area (Å²) in [6, 6.07) is 4.31. The number of carbonyl (C=O) groups is 3. The van der Waals surface area contributed by atoms with Crippen molar-refractivity contribution in [2.24, 2.45) is 11.8 Å². The molecule has 1 aliphatic heterocycles. The van der Waals surface area contributed by atoms with E-state index in [0.717, 1.165) is 12.1 Å². The maximum atomic E-state index is 13.5. The molecule has 6 nitrogen and oxygen atoms in total. The van der Waals surface area contributed by atoms with Gasteiger partial charge in [0.2, 0.25) is 0 Å². The highest BCUT2D eigenvalue weighted by Gasteiger charge is 2.47. The Morgan fingerprint density at radius 3 is 2.27 bits per heavy atom. The van der Waals surface area contributed by atoms with Gasteiger partial charge in [-0.15, -0.1) is 0 Å². The summed E-state index contributed by atoms with van der Waals surface area (Å²) in [4.78, 5) is 38.9. The number of alkyl halides is 3. The van der Waals surface area contributed by atoms with Crippen LogP contribution in [0.3, 0.4) is 0 Å². The SMILES string of the molecule is COC(=O)[C@H]1C(=O)C2=C(C[C@H]1C)NC(C)=C(C(=O)OC(C)C)[C@@H]2c1ccc(C(F)(F)F)cc1. The molecular formula is C24H26F3NO5. The summed E-state index contributed by atoms with van der Waals surface area (Å²) in [5.74, 6) is -4.32. The normalized spacial score (nSPS) is 23.3. The van der Waals surface area contributed by atoms with E-state index in [1.54, 1.807) is 27.7 Å². The number of allylic oxidation sites excluding steroid dienone is 3. The molecule has 9 heteroatoms. The van der Waals surface area contributed by atoms with Crippen LogP contribution in [0.1, 0.15) is 51.2 Å². The molecule has 3 atom stereocenters. The van der Waals surface area contributed by atoms with E-state index in [2.05, 4.69) is 5.32 Å². The first kappa shape index (κ1) is 24.5. The fraction of sp³-hybridized carbons (Fsp3) is 0.458. The van der Waals surface area contributed by atoms with Gasteiger partial charge in [-0.25, -0.2) is 4.79 Å². The Kier molecular flexibility index (Phi) is 6.72. The first-order valence-corrected chi connectivity index (χ1v) is 10.6. The van der Waals surface area contributed by atoms with Crippen LogP contribution in [0.15, 0.2) is 46.8 Å². The van der Waals surface area contributed by atoms with E-state index in [4.69, 9.17) is 9.47 Å². The van der Waals surface area contributed by atoms with Crippen LogP contribution in [0, 0.1) is 11.8 Å². The number of ether oxygens (including phenoxy) is 2. The van der Waals surface area contributed by atoms with Crippen LogP contribution in [0.4, 0.5) is 13.2 Å². The average Bonchev–Trinajstić information content (AvgIpc) is 2.71. The van der Waals surface area contributed by atoms with E-state index in [0.29, 0.717) is 23.4 Å². The van der Waals surface area contributed by atoms with E-state index in [9.17, 15) is 27.6 Å². The zero-order valence-electron chi connectivity index (χ0n) is 19.0. The molecule has 1 aromatic rings. The highest BCUT2D eigenvalue weighted by Crippen LogP contribution is 2.46. The van der Waals surface area contributed by atoms with Crippen molar-refractivity contribution in [3.05, 3.63) is 57.9 Å².